The maximum atomic E-state index is 13.1. The Labute approximate surface area is 193 Å². The van der Waals surface area contributed by atoms with Gasteiger partial charge in [-0.15, -0.1) is 0 Å². The van der Waals surface area contributed by atoms with Gasteiger partial charge < -0.3 is 15.0 Å². The lowest BCUT2D eigenvalue weighted by atomic mass is 10.1. The van der Waals surface area contributed by atoms with E-state index in [0.717, 1.165) is 28.2 Å². The van der Waals surface area contributed by atoms with E-state index >= 15 is 0 Å². The van der Waals surface area contributed by atoms with Gasteiger partial charge in [0, 0.05) is 37.1 Å². The van der Waals surface area contributed by atoms with E-state index < -0.39 is 0 Å². The van der Waals surface area contributed by atoms with E-state index in [4.69, 9.17) is 4.74 Å². The summed E-state index contributed by atoms with van der Waals surface area (Å²) >= 11 is 0. The maximum Gasteiger partial charge on any atom is 0.224 e. The Bertz CT molecular complexity index is 1070. The van der Waals surface area contributed by atoms with E-state index in [1.807, 2.05) is 43.1 Å². The van der Waals surface area contributed by atoms with E-state index in [2.05, 4.69) is 20.3 Å². The van der Waals surface area contributed by atoms with Gasteiger partial charge in [0.25, 0.3) is 0 Å². The highest BCUT2D eigenvalue weighted by molar-refractivity contribution is 5.76. The first-order valence-corrected chi connectivity index (χ1v) is 11.1. The van der Waals surface area contributed by atoms with Crippen molar-refractivity contribution in [2.24, 2.45) is 0 Å². The van der Waals surface area contributed by atoms with Crippen molar-refractivity contribution in [3.63, 3.8) is 0 Å². The molecule has 4 rings (SSSR count). The van der Waals surface area contributed by atoms with Gasteiger partial charge in [0.1, 0.15) is 11.9 Å². The fourth-order valence-electron chi connectivity index (χ4n) is 3.87. The fourth-order valence-corrected chi connectivity index (χ4v) is 3.87. The summed E-state index contributed by atoms with van der Waals surface area (Å²) < 4.78 is 19.0. The van der Waals surface area contributed by atoms with Gasteiger partial charge in [-0.05, 0) is 55.7 Å². The zero-order valence-corrected chi connectivity index (χ0v) is 18.9. The number of ether oxygens (including phenoxy) is 1. The molecule has 1 N–H and O–H groups in total. The van der Waals surface area contributed by atoms with Crippen molar-refractivity contribution >= 4 is 11.9 Å². The van der Waals surface area contributed by atoms with Crippen molar-refractivity contribution in [1.29, 1.82) is 0 Å². The van der Waals surface area contributed by atoms with Crippen molar-refractivity contribution in [1.82, 2.24) is 19.9 Å². The second-order valence-corrected chi connectivity index (χ2v) is 8.24. The van der Waals surface area contributed by atoms with Crippen molar-refractivity contribution in [2.45, 2.75) is 32.8 Å². The zero-order valence-electron chi connectivity index (χ0n) is 18.9. The van der Waals surface area contributed by atoms with Gasteiger partial charge in [0.05, 0.1) is 18.8 Å². The molecule has 1 fully saturated rings. The van der Waals surface area contributed by atoms with Crippen molar-refractivity contribution in [3.05, 3.63) is 82.7 Å². The second kappa shape index (κ2) is 10.5. The highest BCUT2D eigenvalue weighted by Gasteiger charge is 2.26. The molecule has 3 aromatic rings. The predicted octanol–water partition coefficient (Wildman–Crippen LogP) is 3.62. The quantitative estimate of drug-likeness (QED) is 0.594. The third-order valence-electron chi connectivity index (χ3n) is 5.52. The number of rotatable bonds is 7. The zero-order chi connectivity index (χ0) is 23.2. The number of nitrogens with one attached hydrogen (secondary N) is 1. The predicted molar refractivity (Wildman–Crippen MR) is 123 cm³/mol. The summed E-state index contributed by atoms with van der Waals surface area (Å²) in [5.41, 5.74) is 4.65. The number of hydrogen-bond donors (Lipinski definition) is 1. The molecular weight excluding hydrogens is 421 g/mol. The van der Waals surface area contributed by atoms with Crippen LogP contribution in [0.2, 0.25) is 0 Å². The Kier molecular flexibility index (Phi) is 7.24. The van der Waals surface area contributed by atoms with Crippen molar-refractivity contribution in [3.8, 4) is 0 Å². The summed E-state index contributed by atoms with van der Waals surface area (Å²) in [6.07, 6.45) is 2.60. The summed E-state index contributed by atoms with van der Waals surface area (Å²) in [5, 5.41) is 3.13. The minimum absolute atomic E-state index is 0.0631. The van der Waals surface area contributed by atoms with Gasteiger partial charge >= 0.3 is 0 Å². The number of hydrogen-bond acceptors (Lipinski definition) is 6. The van der Waals surface area contributed by atoms with E-state index in [1.165, 1.54) is 12.1 Å². The highest BCUT2D eigenvalue weighted by Crippen LogP contribution is 2.22. The molecule has 172 valence electrons. The average Bonchev–Trinajstić information content (AvgIpc) is 2.80. The summed E-state index contributed by atoms with van der Waals surface area (Å²) in [5.74, 6) is 0.369. The summed E-state index contributed by atoms with van der Waals surface area (Å²) in [6, 6.07) is 12.3. The van der Waals surface area contributed by atoms with Crippen LogP contribution in [-0.4, -0.2) is 52.0 Å². The fraction of sp³-hybridized carbons (Fsp3) is 0.360. The molecule has 0 radical (unpaired) electrons. The van der Waals surface area contributed by atoms with E-state index in [1.54, 1.807) is 12.1 Å². The van der Waals surface area contributed by atoms with Gasteiger partial charge in [-0.3, -0.25) is 9.78 Å². The Morgan fingerprint density at radius 2 is 1.85 bits per heavy atom. The second-order valence-electron chi connectivity index (χ2n) is 8.24. The standard InChI is InChI=1S/C25H28FN5O2/c1-17-13-18(2)30-25(29-17)27-10-9-24(32)31-11-12-33-23(16-31)22-8-5-20(15-28-22)14-19-3-6-21(26)7-4-19/h3-8,13,15,23H,9-12,14,16H2,1-2H3,(H,27,29,30). The SMILES string of the molecule is Cc1cc(C)nc(NCCC(=O)N2CCOC(c3ccc(Cc4ccc(F)cc4)cn3)C2)n1. The molecule has 8 heteroatoms. The maximum absolute atomic E-state index is 13.1. The Hall–Kier alpha value is -3.39. The molecule has 1 atom stereocenters. The number of benzene rings is 1. The van der Waals surface area contributed by atoms with Crippen LogP contribution in [-0.2, 0) is 16.0 Å². The minimum Gasteiger partial charge on any atom is -0.368 e. The number of nitrogens with zero attached hydrogens (tertiary/aromatic N) is 4. The van der Waals surface area contributed by atoms with Crippen LogP contribution in [0, 0.1) is 19.7 Å². The van der Waals surface area contributed by atoms with Crippen LogP contribution < -0.4 is 5.32 Å². The molecule has 1 amide bonds. The van der Waals surface area contributed by atoms with Gasteiger partial charge in [-0.1, -0.05) is 18.2 Å². The number of aryl methyl sites for hydroxylation is 2. The highest BCUT2D eigenvalue weighted by atomic mass is 19.1. The molecule has 7 nitrogen and oxygen atoms in total. The number of carbonyl (C=O) groups is 1. The molecule has 0 aliphatic carbocycles. The Morgan fingerprint density at radius 1 is 1.12 bits per heavy atom. The van der Waals surface area contributed by atoms with E-state index in [-0.39, 0.29) is 17.8 Å². The molecule has 0 bridgehead atoms. The first kappa shape index (κ1) is 22.8. The summed E-state index contributed by atoms with van der Waals surface area (Å²) in [6.45, 7) is 5.83. The van der Waals surface area contributed by atoms with E-state index in [9.17, 15) is 9.18 Å². The van der Waals surface area contributed by atoms with Crippen LogP contribution >= 0.6 is 0 Å². The largest absolute Gasteiger partial charge is 0.368 e. The van der Waals surface area contributed by atoms with Gasteiger partial charge in [-0.2, -0.15) is 0 Å². The van der Waals surface area contributed by atoms with Crippen molar-refractivity contribution in [2.75, 3.05) is 31.6 Å². The van der Waals surface area contributed by atoms with Crippen LogP contribution in [0.3, 0.4) is 0 Å². The number of carbonyl (C=O) groups excluding carboxylic acids is 1. The van der Waals surface area contributed by atoms with Gasteiger partial charge in [-0.25, -0.2) is 14.4 Å². The Morgan fingerprint density at radius 3 is 2.55 bits per heavy atom. The molecule has 1 saturated heterocycles. The number of aromatic nitrogens is 3. The molecule has 0 spiro atoms. The molecule has 1 unspecified atom stereocenters. The average molecular weight is 450 g/mol. The van der Waals surface area contributed by atoms with E-state index in [0.29, 0.717) is 45.0 Å². The van der Waals surface area contributed by atoms with Crippen LogP contribution in [0.25, 0.3) is 0 Å². The smallest absolute Gasteiger partial charge is 0.224 e. The first-order valence-electron chi connectivity index (χ1n) is 11.1. The molecule has 1 aliphatic rings. The number of anilines is 1. The summed E-state index contributed by atoms with van der Waals surface area (Å²) in [4.78, 5) is 27.8. The minimum atomic E-state index is -0.252. The Balaban J connectivity index is 1.29. The molecule has 33 heavy (non-hydrogen) atoms. The topological polar surface area (TPSA) is 80.2 Å². The van der Waals surface area contributed by atoms with Gasteiger partial charge in [0.15, 0.2) is 0 Å². The number of amides is 1. The van der Waals surface area contributed by atoms with Gasteiger partial charge in [0.2, 0.25) is 11.9 Å². The number of pyridine rings is 1. The normalized spacial score (nSPS) is 16.0. The van der Waals surface area contributed by atoms with Crippen LogP contribution in [0.1, 0.15) is 40.7 Å². The third kappa shape index (κ3) is 6.32. The molecule has 3 heterocycles. The lowest BCUT2D eigenvalue weighted by molar-refractivity contribution is -0.138. The van der Waals surface area contributed by atoms with Crippen molar-refractivity contribution < 1.29 is 13.9 Å². The van der Waals surface area contributed by atoms with Crippen LogP contribution in [0.4, 0.5) is 10.3 Å². The molecule has 1 aromatic carbocycles. The molecule has 0 saturated carbocycles. The third-order valence-corrected chi connectivity index (χ3v) is 5.52. The first-order chi connectivity index (χ1) is 16.0. The number of morpholine rings is 1. The number of halogens is 1. The van der Waals surface area contributed by atoms with Crippen LogP contribution in [0.15, 0.2) is 48.7 Å². The lowest BCUT2D eigenvalue weighted by Gasteiger charge is -2.32. The molecule has 2 aromatic heterocycles. The molecular formula is C25H28FN5O2. The molecule has 1 aliphatic heterocycles. The lowest BCUT2D eigenvalue weighted by Crippen LogP contribution is -2.43. The summed E-state index contributed by atoms with van der Waals surface area (Å²) in [7, 11) is 0. The monoisotopic (exact) mass is 449 g/mol. The van der Waals surface area contributed by atoms with Crippen LogP contribution in [0.5, 0.6) is 0 Å².